The molecule has 7 aromatic rings. The number of imidazole rings is 3. The van der Waals surface area contributed by atoms with Gasteiger partial charge in [0, 0.05) is 30.6 Å². The summed E-state index contributed by atoms with van der Waals surface area (Å²) in [6.07, 6.45) is 12.7. The normalized spacial score (nSPS) is 11.0. The zero-order valence-electron chi connectivity index (χ0n) is 53.9. The summed E-state index contributed by atoms with van der Waals surface area (Å²) in [5.74, 6) is -1.42. The topological polar surface area (TPSA) is 317 Å². The molecule has 7 aromatic heterocycles. The number of carbonyl (C=O) groups is 4. The maximum absolute atomic E-state index is 12.1. The van der Waals surface area contributed by atoms with Crippen LogP contribution in [0.15, 0.2) is 96.9 Å². The number of allylic oxidation sites excluding steroid dienone is 1. The van der Waals surface area contributed by atoms with Gasteiger partial charge >= 0.3 is 88.2 Å². The van der Waals surface area contributed by atoms with Gasteiger partial charge in [-0.1, -0.05) is 132 Å². The van der Waals surface area contributed by atoms with Crippen LogP contribution >= 0.6 is 11.6 Å². The van der Waals surface area contributed by atoms with Crippen molar-refractivity contribution in [3.63, 3.8) is 0 Å². The number of ether oxygens (including phenoxy) is 2. The number of aromatic carboxylic acids is 1. The Balaban J connectivity index is 0. The predicted octanol–water partition coefficient (Wildman–Crippen LogP) is 6.65. The molecule has 470 valence electrons. The minimum atomic E-state index is -1.94. The van der Waals surface area contributed by atoms with E-state index in [0.29, 0.717) is 94.6 Å². The summed E-state index contributed by atoms with van der Waals surface area (Å²) in [5.41, 5.74) is 15.0. The van der Waals surface area contributed by atoms with E-state index in [-0.39, 0.29) is 117 Å². The van der Waals surface area contributed by atoms with Crippen LogP contribution in [0.3, 0.4) is 0 Å². The van der Waals surface area contributed by atoms with Gasteiger partial charge < -0.3 is 55.1 Å². The van der Waals surface area contributed by atoms with Crippen LogP contribution in [0.25, 0.3) is 16.9 Å². The van der Waals surface area contributed by atoms with Gasteiger partial charge in [-0.05, 0) is 93.6 Å². The van der Waals surface area contributed by atoms with E-state index in [2.05, 4.69) is 103 Å². The number of aromatic nitrogens is 7. The molecular formula is C61H90ClKLiN8O13Si2-. The number of hydrogen-bond donors (Lipinski definition) is 4. The number of nitrogen functional groups attached to an aromatic ring is 1. The summed E-state index contributed by atoms with van der Waals surface area (Å²) in [6, 6.07) is 14.7. The molecule has 0 fully saturated rings. The van der Waals surface area contributed by atoms with Crippen molar-refractivity contribution in [1.29, 1.82) is 0 Å². The zero-order valence-corrected chi connectivity index (χ0v) is 59.8. The Bertz CT molecular complexity index is 3170. The molecule has 0 aliphatic heterocycles. The van der Waals surface area contributed by atoms with Gasteiger partial charge in [-0.15, -0.1) is 11.6 Å². The van der Waals surface area contributed by atoms with Gasteiger partial charge in [-0.2, -0.15) is 0 Å². The average molecular weight is 1280 g/mol. The molecule has 21 nitrogen and oxygen atoms in total. The van der Waals surface area contributed by atoms with Crippen LogP contribution in [0, 0.1) is 6.58 Å². The van der Waals surface area contributed by atoms with Crippen LogP contribution in [0.4, 0.5) is 5.82 Å². The van der Waals surface area contributed by atoms with Crippen LogP contribution in [-0.2, 0) is 49.5 Å². The molecule has 7 N–H and O–H groups in total. The first kappa shape index (κ1) is 84.6. The summed E-state index contributed by atoms with van der Waals surface area (Å²) < 4.78 is 28.3. The fraction of sp³-hybridized carbons (Fsp3) is 0.475. The molecule has 0 saturated heterocycles. The number of fused-ring (bicyclic) bond motifs is 3. The quantitative estimate of drug-likeness (QED) is 0.0239. The third-order valence-corrected chi connectivity index (χ3v) is 26.6. The molecular weight excluding hydrogens is 1190 g/mol. The van der Waals surface area contributed by atoms with Gasteiger partial charge in [0.1, 0.15) is 22.8 Å². The van der Waals surface area contributed by atoms with Crippen molar-refractivity contribution in [3.05, 3.63) is 143 Å². The SMILES string of the molecule is CC(C)[Si](OCc1ccc2ncc(C(=O)O)n2c1)(C(C)C)C(C)C.CCOC(=O)c1cnc2ccc(CO)cn12.CCOC(=O)c1cnc2ccc(CO[Si](C(C)C)(C(C)C)C(C)C)cn12.Nc1ccc(CO)cn1.[CH-]=C(Cl)C(=O)CCC.[K+].[Li+].[OH-].[OH-]. The number of hydrogen-bond acceptors (Lipinski definition) is 17. The molecule has 0 amide bonds. The Morgan fingerprint density at radius 3 is 1.17 bits per heavy atom. The van der Waals surface area contributed by atoms with E-state index in [4.69, 9.17) is 52.5 Å². The van der Waals surface area contributed by atoms with Crippen molar-refractivity contribution in [3.8, 4) is 0 Å². The predicted molar refractivity (Wildman–Crippen MR) is 334 cm³/mol. The number of nitrogens with two attached hydrogens (primary N) is 1. The number of carboxylic acid groups (broad SMARTS) is 1. The minimum Gasteiger partial charge on any atom is -0.870 e. The Kier molecular flexibility index (Phi) is 39.9. The molecule has 7 heterocycles. The van der Waals surface area contributed by atoms with Gasteiger partial charge in [0.15, 0.2) is 17.1 Å². The molecule has 0 saturated carbocycles. The number of halogens is 1. The number of pyridine rings is 4. The Morgan fingerprint density at radius 2 is 0.885 bits per heavy atom. The van der Waals surface area contributed by atoms with Gasteiger partial charge in [0.2, 0.25) is 16.6 Å². The maximum Gasteiger partial charge on any atom is 1.00 e. The van der Waals surface area contributed by atoms with Crippen LogP contribution < -0.4 is 76.0 Å². The zero-order chi connectivity index (χ0) is 62.4. The number of carboxylic acids is 1. The van der Waals surface area contributed by atoms with Crippen LogP contribution in [-0.4, -0.2) is 113 Å². The van der Waals surface area contributed by atoms with Crippen molar-refractivity contribution in [2.24, 2.45) is 0 Å². The standard InChI is InChI=1S/C20H32N2O3Si.C18H28N2O3Si.C11H12N2O3.C6H8ClO.C6H8N2O.K.Li.2H2O/c1-8-24-20(23)18-11-21-19-10-9-17(12-22(18)19)13-25-26(14(2)3,15(4)5)16(6)7;1-12(2)24(13(3)4,14(5)6)23-11-15-7-8-17-19-9-16(18(21)22)20(17)10-15;1-2-16-11(15)9-5-12-10-4-3-8(7-14)6-13(9)10;1-3-4-6(8)5(2)7;7-6-2-1-5(4-9)3-8-6;;;;/h9-12,14-16H,8,13H2,1-7H3;7-10,12-14H,11H2,1-6H3,(H,21,22);3-6,14H,2,7H2,1H3;2H,3-4H2,1H3;1-3,9H,4H2,(H2,7,8);;;2*1H2/q;;;-1;;2*+1;;/p-2. The molecule has 26 heteroatoms. The number of nitrogens with zero attached hydrogens (tertiary/aromatic N) is 7. The van der Waals surface area contributed by atoms with Crippen molar-refractivity contribution < 1.29 is 134 Å². The maximum atomic E-state index is 12.1. The van der Waals surface area contributed by atoms with Crippen molar-refractivity contribution >= 4 is 74.7 Å². The number of anilines is 1. The second kappa shape index (κ2) is 41.0. The van der Waals surface area contributed by atoms with Crippen molar-refractivity contribution in [2.75, 3.05) is 18.9 Å². The molecule has 0 atom stereocenters. The van der Waals surface area contributed by atoms with Gasteiger partial charge in [-0.25, -0.2) is 34.3 Å². The van der Waals surface area contributed by atoms with E-state index < -0.39 is 28.6 Å². The van der Waals surface area contributed by atoms with Crippen LogP contribution in [0.2, 0.25) is 33.2 Å². The fourth-order valence-corrected chi connectivity index (χ4v) is 21.4. The molecule has 0 bridgehead atoms. The summed E-state index contributed by atoms with van der Waals surface area (Å²) >= 11 is 5.15. The first-order valence-electron chi connectivity index (χ1n) is 28.2. The number of esters is 2. The van der Waals surface area contributed by atoms with E-state index in [1.165, 1.54) is 12.4 Å². The first-order chi connectivity index (χ1) is 39.2. The molecule has 0 aliphatic carbocycles. The summed E-state index contributed by atoms with van der Waals surface area (Å²) in [5, 5.41) is 26.7. The van der Waals surface area contributed by atoms with Gasteiger partial charge in [0.05, 0.1) is 58.2 Å². The molecule has 0 aromatic carbocycles. The van der Waals surface area contributed by atoms with Gasteiger partial charge in [0.25, 0.3) is 0 Å². The number of aliphatic hydroxyl groups is 2. The fourth-order valence-electron chi connectivity index (χ4n) is 10.5. The number of Topliss-reactive ketones (excluding diaryl/α,β-unsaturated/α-hetero) is 1. The van der Waals surface area contributed by atoms with E-state index in [9.17, 15) is 24.3 Å². The Hall–Kier alpha value is -4.44. The summed E-state index contributed by atoms with van der Waals surface area (Å²) in [6.45, 7) is 39.3. The minimum absolute atomic E-state index is 0. The number of aliphatic hydroxyl groups excluding tert-OH is 2. The van der Waals surface area contributed by atoms with Crippen LogP contribution in [0.5, 0.6) is 0 Å². The second-order valence-corrected chi connectivity index (χ2v) is 32.9. The van der Waals surface area contributed by atoms with E-state index in [0.717, 1.165) is 34.3 Å². The molecule has 7 rings (SSSR count). The van der Waals surface area contributed by atoms with E-state index >= 15 is 0 Å². The molecule has 0 radical (unpaired) electrons. The number of rotatable bonds is 22. The first-order valence-corrected chi connectivity index (χ1v) is 32.8. The third-order valence-electron chi connectivity index (χ3n) is 14.2. The number of carbonyl (C=O) groups excluding carboxylic acids is 3. The second-order valence-electron chi connectivity index (χ2n) is 21.6. The molecule has 0 unspecified atom stereocenters. The Labute approximate surface area is 574 Å². The smallest absolute Gasteiger partial charge is 0.870 e. The monoisotopic (exact) mass is 1280 g/mol. The van der Waals surface area contributed by atoms with Crippen LogP contribution in [0.1, 0.15) is 170 Å². The van der Waals surface area contributed by atoms with E-state index in [1.54, 1.807) is 69.9 Å². The van der Waals surface area contributed by atoms with Gasteiger partial charge in [-0.3, -0.25) is 19.8 Å². The third kappa shape index (κ3) is 23.4. The largest absolute Gasteiger partial charge is 1.00 e. The summed E-state index contributed by atoms with van der Waals surface area (Å²) in [7, 11) is -3.86. The Morgan fingerprint density at radius 1 is 0.552 bits per heavy atom. The van der Waals surface area contributed by atoms with Crippen molar-refractivity contribution in [2.45, 2.75) is 176 Å². The average Bonchev–Trinajstić information content (AvgIpc) is 4.30. The molecule has 0 aliphatic rings. The summed E-state index contributed by atoms with van der Waals surface area (Å²) in [4.78, 5) is 61.7. The van der Waals surface area contributed by atoms with Crippen molar-refractivity contribution in [1.82, 2.24) is 33.1 Å². The van der Waals surface area contributed by atoms with E-state index in [1.807, 2.05) is 43.6 Å². The molecule has 87 heavy (non-hydrogen) atoms. The molecule has 0 spiro atoms. The number of ketones is 1.